The van der Waals surface area contributed by atoms with Crippen molar-refractivity contribution < 1.29 is 9.18 Å². The van der Waals surface area contributed by atoms with Gasteiger partial charge in [0, 0.05) is 16.8 Å². The number of amides is 1. The molecule has 0 fully saturated rings. The second-order valence-corrected chi connectivity index (χ2v) is 4.80. The van der Waals surface area contributed by atoms with Gasteiger partial charge in [-0.2, -0.15) is 0 Å². The second-order valence-electron chi connectivity index (χ2n) is 4.80. The Balaban J connectivity index is 2.08. The number of carbonyl (C=O) groups excluding carboxylic acids is 1. The van der Waals surface area contributed by atoms with E-state index >= 15 is 0 Å². The average Bonchev–Trinajstić information content (AvgIpc) is 2.75. The Labute approximate surface area is 116 Å². The van der Waals surface area contributed by atoms with Crippen LogP contribution < -0.4 is 5.32 Å². The molecule has 1 amide bonds. The van der Waals surface area contributed by atoms with Crippen LogP contribution in [-0.4, -0.2) is 5.91 Å². The molecule has 0 bridgehead atoms. The van der Waals surface area contributed by atoms with Crippen molar-refractivity contribution in [1.82, 2.24) is 0 Å². The maximum absolute atomic E-state index is 13.4. The number of anilines is 1. The molecule has 2 nitrogen and oxygen atoms in total. The molecule has 20 heavy (non-hydrogen) atoms. The highest BCUT2D eigenvalue weighted by molar-refractivity contribution is 6.34. The van der Waals surface area contributed by atoms with Crippen molar-refractivity contribution in [3.63, 3.8) is 0 Å². The van der Waals surface area contributed by atoms with E-state index < -0.39 is 0 Å². The van der Waals surface area contributed by atoms with Crippen LogP contribution in [0.4, 0.5) is 10.1 Å². The minimum absolute atomic E-state index is 0.187. The summed E-state index contributed by atoms with van der Waals surface area (Å²) in [5, 5.41) is 2.75. The molecule has 2 aromatic rings. The molecule has 0 unspecified atom stereocenters. The van der Waals surface area contributed by atoms with Crippen molar-refractivity contribution in [3.8, 4) is 0 Å². The largest absolute Gasteiger partial charge is 0.321 e. The molecular formula is C17H14FNO. The number of benzene rings is 2. The fourth-order valence-electron chi connectivity index (χ4n) is 2.37. The van der Waals surface area contributed by atoms with Crippen molar-refractivity contribution in [2.45, 2.75) is 13.3 Å². The average molecular weight is 267 g/mol. The molecule has 0 aliphatic carbocycles. The highest BCUT2D eigenvalue weighted by Crippen LogP contribution is 2.33. The lowest BCUT2D eigenvalue weighted by atomic mass is 10.0. The van der Waals surface area contributed by atoms with E-state index in [9.17, 15) is 9.18 Å². The number of hydrogen-bond acceptors (Lipinski definition) is 1. The SMILES string of the molecule is CCc1cccc(/C=C2\C(=O)Nc3ccc(F)cc32)c1. The molecule has 3 heteroatoms. The van der Waals surface area contributed by atoms with Crippen LogP contribution in [0.2, 0.25) is 0 Å². The van der Waals surface area contributed by atoms with Gasteiger partial charge in [0.05, 0.1) is 0 Å². The van der Waals surface area contributed by atoms with Gasteiger partial charge in [-0.1, -0.05) is 31.2 Å². The van der Waals surface area contributed by atoms with Crippen LogP contribution in [0.3, 0.4) is 0 Å². The lowest BCUT2D eigenvalue weighted by Crippen LogP contribution is -2.03. The van der Waals surface area contributed by atoms with E-state index in [1.54, 1.807) is 12.1 Å². The zero-order chi connectivity index (χ0) is 14.1. The summed E-state index contributed by atoms with van der Waals surface area (Å²) in [6, 6.07) is 12.3. The highest BCUT2D eigenvalue weighted by Gasteiger charge is 2.24. The Hall–Kier alpha value is -2.42. The minimum atomic E-state index is -0.339. The first-order valence-electron chi connectivity index (χ1n) is 6.59. The topological polar surface area (TPSA) is 29.1 Å². The maximum Gasteiger partial charge on any atom is 0.256 e. The molecule has 100 valence electrons. The van der Waals surface area contributed by atoms with Crippen molar-refractivity contribution in [1.29, 1.82) is 0 Å². The summed E-state index contributed by atoms with van der Waals surface area (Å²) in [6.45, 7) is 2.08. The van der Waals surface area contributed by atoms with Gasteiger partial charge in [0.25, 0.3) is 5.91 Å². The second kappa shape index (κ2) is 4.93. The van der Waals surface area contributed by atoms with Crippen molar-refractivity contribution in [2.24, 2.45) is 0 Å². The third-order valence-electron chi connectivity index (χ3n) is 3.43. The van der Waals surface area contributed by atoms with E-state index in [-0.39, 0.29) is 11.7 Å². The van der Waals surface area contributed by atoms with Gasteiger partial charge < -0.3 is 5.32 Å². The summed E-state index contributed by atoms with van der Waals surface area (Å²) in [5.74, 6) is -0.527. The highest BCUT2D eigenvalue weighted by atomic mass is 19.1. The van der Waals surface area contributed by atoms with E-state index in [2.05, 4.69) is 12.2 Å². The Kier molecular flexibility index (Phi) is 3.11. The molecule has 2 aromatic carbocycles. The summed E-state index contributed by atoms with van der Waals surface area (Å²) in [4.78, 5) is 12.0. The van der Waals surface area contributed by atoms with Gasteiger partial charge in [-0.15, -0.1) is 0 Å². The third kappa shape index (κ3) is 2.23. The van der Waals surface area contributed by atoms with Gasteiger partial charge in [0.2, 0.25) is 0 Å². The molecule has 1 heterocycles. The van der Waals surface area contributed by atoms with Crippen molar-refractivity contribution in [2.75, 3.05) is 5.32 Å². The molecule has 1 aliphatic rings. The maximum atomic E-state index is 13.4. The number of rotatable bonds is 2. The van der Waals surface area contributed by atoms with Gasteiger partial charge >= 0.3 is 0 Å². The predicted molar refractivity (Wildman–Crippen MR) is 78.7 cm³/mol. The number of carbonyl (C=O) groups is 1. The molecule has 0 atom stereocenters. The summed E-state index contributed by atoms with van der Waals surface area (Å²) in [6.07, 6.45) is 2.74. The lowest BCUT2D eigenvalue weighted by molar-refractivity contribution is -0.110. The normalized spacial score (nSPS) is 15.3. The van der Waals surface area contributed by atoms with Gasteiger partial charge in [0.1, 0.15) is 5.82 Å². The first-order valence-corrected chi connectivity index (χ1v) is 6.59. The van der Waals surface area contributed by atoms with Gasteiger partial charge in [-0.25, -0.2) is 4.39 Å². The molecule has 0 saturated carbocycles. The molecular weight excluding hydrogens is 253 g/mol. The standard InChI is InChI=1S/C17H14FNO/c1-2-11-4-3-5-12(8-11)9-15-14-10-13(18)6-7-16(14)19-17(15)20/h3-10H,2H2,1H3,(H,19,20)/b15-9-. The lowest BCUT2D eigenvalue weighted by Gasteiger charge is -2.01. The van der Waals surface area contributed by atoms with E-state index in [1.807, 2.05) is 24.3 Å². The molecule has 0 radical (unpaired) electrons. The number of halogens is 1. The monoisotopic (exact) mass is 267 g/mol. The van der Waals surface area contributed by atoms with Crippen molar-refractivity contribution >= 4 is 23.2 Å². The van der Waals surface area contributed by atoms with Gasteiger partial charge in [0.15, 0.2) is 0 Å². The first kappa shape index (κ1) is 12.6. The minimum Gasteiger partial charge on any atom is -0.321 e. The zero-order valence-corrected chi connectivity index (χ0v) is 11.1. The van der Waals surface area contributed by atoms with Crippen LogP contribution >= 0.6 is 0 Å². The van der Waals surface area contributed by atoms with Crippen molar-refractivity contribution in [3.05, 3.63) is 65.0 Å². The van der Waals surface area contributed by atoms with Crippen LogP contribution in [0.5, 0.6) is 0 Å². The molecule has 0 spiro atoms. The molecule has 0 aromatic heterocycles. The molecule has 1 aliphatic heterocycles. The Morgan fingerprint density at radius 1 is 1.20 bits per heavy atom. The number of fused-ring (bicyclic) bond motifs is 1. The van der Waals surface area contributed by atoms with Crippen LogP contribution in [-0.2, 0) is 11.2 Å². The van der Waals surface area contributed by atoms with Gasteiger partial charge in [-0.3, -0.25) is 4.79 Å². The van der Waals surface area contributed by atoms with Crippen LogP contribution in [0.1, 0.15) is 23.6 Å². The molecule has 1 N–H and O–H groups in total. The number of hydrogen-bond donors (Lipinski definition) is 1. The van der Waals surface area contributed by atoms with Crippen LogP contribution in [0.15, 0.2) is 42.5 Å². The smallest absolute Gasteiger partial charge is 0.256 e. The van der Waals surface area contributed by atoms with E-state index in [1.165, 1.54) is 17.7 Å². The fraction of sp³-hybridized carbons (Fsp3) is 0.118. The summed E-state index contributed by atoms with van der Waals surface area (Å²) >= 11 is 0. The zero-order valence-electron chi connectivity index (χ0n) is 11.1. The van der Waals surface area contributed by atoms with Crippen LogP contribution in [0.25, 0.3) is 11.6 Å². The first-order chi connectivity index (χ1) is 9.67. The number of aryl methyl sites for hydroxylation is 1. The quantitative estimate of drug-likeness (QED) is 0.822. The third-order valence-corrected chi connectivity index (χ3v) is 3.43. The molecule has 3 rings (SSSR count). The predicted octanol–water partition coefficient (Wildman–Crippen LogP) is 3.88. The van der Waals surface area contributed by atoms with E-state index in [0.29, 0.717) is 16.8 Å². The van der Waals surface area contributed by atoms with E-state index in [4.69, 9.17) is 0 Å². The summed E-state index contributed by atoms with van der Waals surface area (Å²) < 4.78 is 13.4. The Bertz CT molecular complexity index is 719. The summed E-state index contributed by atoms with van der Waals surface area (Å²) in [7, 11) is 0. The summed E-state index contributed by atoms with van der Waals surface area (Å²) in [5.41, 5.74) is 3.95. The Morgan fingerprint density at radius 3 is 2.85 bits per heavy atom. The Morgan fingerprint density at radius 2 is 2.05 bits per heavy atom. The molecule has 0 saturated heterocycles. The number of nitrogens with one attached hydrogen (secondary N) is 1. The van der Waals surface area contributed by atoms with E-state index in [0.717, 1.165) is 12.0 Å². The fourth-order valence-corrected chi connectivity index (χ4v) is 2.37. The van der Waals surface area contributed by atoms with Gasteiger partial charge in [-0.05, 0) is 41.8 Å². The van der Waals surface area contributed by atoms with Crippen LogP contribution in [0, 0.1) is 5.82 Å².